The van der Waals surface area contributed by atoms with E-state index >= 15 is 0 Å². The highest BCUT2D eigenvalue weighted by Gasteiger charge is 2.47. The van der Waals surface area contributed by atoms with E-state index in [4.69, 9.17) is 18.9 Å². The number of fused-ring (bicyclic) bond motifs is 4. The normalized spacial score (nSPS) is 25.3. The molecule has 3 aliphatic rings. The van der Waals surface area contributed by atoms with Crippen molar-refractivity contribution in [2.45, 2.75) is 90.8 Å². The van der Waals surface area contributed by atoms with Crippen molar-refractivity contribution in [1.29, 1.82) is 0 Å². The maximum Gasteiger partial charge on any atom is 0.410 e. The van der Waals surface area contributed by atoms with Crippen molar-refractivity contribution in [3.8, 4) is 0 Å². The summed E-state index contributed by atoms with van der Waals surface area (Å²) in [5, 5.41) is 2.70. The Morgan fingerprint density at radius 1 is 1.02 bits per heavy atom. The van der Waals surface area contributed by atoms with Gasteiger partial charge in [-0.25, -0.2) is 14.4 Å². The molecule has 0 aliphatic carbocycles. The molecule has 1 aromatic carbocycles. The van der Waals surface area contributed by atoms with E-state index in [0.29, 0.717) is 32.7 Å². The van der Waals surface area contributed by atoms with Gasteiger partial charge >= 0.3 is 18.2 Å². The Hall–Kier alpha value is -3.34. The summed E-state index contributed by atoms with van der Waals surface area (Å²) in [4.78, 5) is 55.1. The average Bonchev–Trinajstić information content (AvgIpc) is 3.53. The first-order chi connectivity index (χ1) is 19.1. The monoisotopic (exact) mass is 559 g/mol. The van der Waals surface area contributed by atoms with Gasteiger partial charge in [-0.15, -0.1) is 0 Å². The summed E-state index contributed by atoms with van der Waals surface area (Å²) in [5.74, 6) is -1.07. The zero-order valence-corrected chi connectivity index (χ0v) is 23.9. The number of benzene rings is 1. The van der Waals surface area contributed by atoms with Crippen LogP contribution in [0.25, 0.3) is 0 Å². The number of ether oxygens (including phenoxy) is 4. The Balaban J connectivity index is 1.53. The second kappa shape index (κ2) is 12.9. The maximum absolute atomic E-state index is 13.8. The van der Waals surface area contributed by atoms with Crippen LogP contribution in [-0.2, 0) is 48.2 Å². The van der Waals surface area contributed by atoms with Gasteiger partial charge in [0.25, 0.3) is 0 Å². The Kier molecular flexibility index (Phi) is 9.55. The second-order valence-corrected chi connectivity index (χ2v) is 11.8. The van der Waals surface area contributed by atoms with E-state index in [-0.39, 0.29) is 19.6 Å². The summed E-state index contributed by atoms with van der Waals surface area (Å²) in [6, 6.07) is 4.19. The van der Waals surface area contributed by atoms with Gasteiger partial charge < -0.3 is 29.2 Å². The van der Waals surface area contributed by atoms with Crippen molar-refractivity contribution >= 4 is 24.1 Å². The molecule has 220 valence electrons. The number of methoxy groups -OCH3 is 1. The minimum atomic E-state index is -0.970. The topological polar surface area (TPSA) is 124 Å². The smallest absolute Gasteiger partial charge is 0.410 e. The Labute approximate surface area is 235 Å². The lowest BCUT2D eigenvalue weighted by atomic mass is 9.85. The van der Waals surface area contributed by atoms with E-state index in [1.807, 2.05) is 32.9 Å². The summed E-state index contributed by atoms with van der Waals surface area (Å²) < 4.78 is 22.0. The molecule has 1 unspecified atom stereocenters. The van der Waals surface area contributed by atoms with Crippen LogP contribution in [0.4, 0.5) is 9.59 Å². The summed E-state index contributed by atoms with van der Waals surface area (Å²) in [7, 11) is 1.25. The van der Waals surface area contributed by atoms with E-state index < -0.39 is 47.7 Å². The van der Waals surface area contributed by atoms with E-state index in [1.54, 1.807) is 4.90 Å². The fourth-order valence-electron chi connectivity index (χ4n) is 5.36. The van der Waals surface area contributed by atoms with Gasteiger partial charge in [0, 0.05) is 26.1 Å². The third-order valence-electron chi connectivity index (χ3n) is 7.60. The van der Waals surface area contributed by atoms with Crippen LogP contribution in [0.1, 0.15) is 69.6 Å². The number of esters is 1. The highest BCUT2D eigenvalue weighted by Crippen LogP contribution is 2.30. The Morgan fingerprint density at radius 3 is 2.48 bits per heavy atom. The van der Waals surface area contributed by atoms with Crippen molar-refractivity contribution in [2.24, 2.45) is 5.41 Å². The third-order valence-corrected chi connectivity index (χ3v) is 7.60. The third kappa shape index (κ3) is 7.24. The number of alkyl carbamates (subject to hydrolysis) is 1. The van der Waals surface area contributed by atoms with E-state index in [2.05, 4.69) is 11.4 Å². The van der Waals surface area contributed by atoms with Crippen LogP contribution in [0.15, 0.2) is 18.2 Å². The summed E-state index contributed by atoms with van der Waals surface area (Å²) in [6.45, 7) is 7.67. The largest absolute Gasteiger partial charge is 0.467 e. The standard InChI is InChI=1S/C29H41N3O8/c1-29(2,3)24-25(33)32-17-22(14-23(32)26(34)37-4)40-28(36)31-15-20-10-9-19(13-21(20)16-31)18-38-11-7-5-6-8-12-39-27(35)30-24/h9-10,13,22-24H,5-8,11-12,14-18H2,1-4H3,(H,30,35)/t22-,23?,24-/m1/s1. The molecule has 3 amide bonds. The highest BCUT2D eigenvalue weighted by molar-refractivity contribution is 5.91. The first-order valence-electron chi connectivity index (χ1n) is 14.0. The van der Waals surface area contributed by atoms with Gasteiger partial charge in [0.1, 0.15) is 18.2 Å². The molecule has 0 saturated carbocycles. The lowest BCUT2D eigenvalue weighted by molar-refractivity contribution is -0.152. The van der Waals surface area contributed by atoms with E-state index in [9.17, 15) is 19.2 Å². The molecule has 0 radical (unpaired) electrons. The van der Waals surface area contributed by atoms with Gasteiger partial charge in [0.05, 0.1) is 26.9 Å². The van der Waals surface area contributed by atoms with Crippen molar-refractivity contribution < 1.29 is 38.1 Å². The predicted octanol–water partition coefficient (Wildman–Crippen LogP) is 3.51. The molecule has 11 nitrogen and oxygen atoms in total. The van der Waals surface area contributed by atoms with Crippen molar-refractivity contribution in [3.05, 3.63) is 34.9 Å². The van der Waals surface area contributed by atoms with Crippen LogP contribution in [0.3, 0.4) is 0 Å². The lowest BCUT2D eigenvalue weighted by Crippen LogP contribution is -2.57. The molecule has 1 aromatic rings. The number of amides is 3. The molecule has 0 spiro atoms. The SMILES string of the molecule is COC(=O)C1C[C@@H]2CN1C(=O)[C@H](C(C)(C)C)NC(=O)OCCCCCCOCc1ccc3c(c1)CN(C3)C(=O)O2. The van der Waals surface area contributed by atoms with Crippen LogP contribution in [0.5, 0.6) is 0 Å². The molecular formula is C29H41N3O8. The van der Waals surface area contributed by atoms with Gasteiger partial charge in [0.2, 0.25) is 5.91 Å². The van der Waals surface area contributed by atoms with Crippen LogP contribution < -0.4 is 5.32 Å². The van der Waals surface area contributed by atoms with E-state index in [0.717, 1.165) is 36.0 Å². The number of nitrogens with zero attached hydrogens (tertiary/aromatic N) is 2. The van der Waals surface area contributed by atoms with Gasteiger partial charge in [-0.2, -0.15) is 0 Å². The highest BCUT2D eigenvalue weighted by atomic mass is 16.6. The Bertz CT molecular complexity index is 1100. The first-order valence-corrected chi connectivity index (χ1v) is 14.0. The van der Waals surface area contributed by atoms with Gasteiger partial charge in [-0.3, -0.25) is 9.69 Å². The minimum Gasteiger partial charge on any atom is -0.467 e. The molecular weight excluding hydrogens is 518 g/mol. The fourth-order valence-corrected chi connectivity index (χ4v) is 5.36. The maximum atomic E-state index is 13.8. The number of rotatable bonds is 1. The molecule has 1 saturated heterocycles. The van der Waals surface area contributed by atoms with Crippen LogP contribution in [-0.4, -0.2) is 78.9 Å². The molecule has 40 heavy (non-hydrogen) atoms. The van der Waals surface area contributed by atoms with Gasteiger partial charge in [-0.1, -0.05) is 45.4 Å². The molecule has 5 bridgehead atoms. The number of nitrogens with one attached hydrogen (secondary N) is 1. The summed E-state index contributed by atoms with van der Waals surface area (Å²) in [6.07, 6.45) is 1.63. The fraction of sp³-hybridized carbons (Fsp3) is 0.655. The molecule has 4 rings (SSSR count). The minimum absolute atomic E-state index is 0.00984. The predicted molar refractivity (Wildman–Crippen MR) is 144 cm³/mol. The summed E-state index contributed by atoms with van der Waals surface area (Å²) >= 11 is 0. The molecule has 3 aliphatic heterocycles. The lowest BCUT2D eigenvalue weighted by Gasteiger charge is -2.34. The zero-order chi connectivity index (χ0) is 28.9. The van der Waals surface area contributed by atoms with Gasteiger partial charge in [-0.05, 0) is 41.4 Å². The number of hydrogen-bond donors (Lipinski definition) is 1. The number of carbonyl (C=O) groups is 4. The Morgan fingerprint density at radius 2 is 1.75 bits per heavy atom. The molecule has 0 aromatic heterocycles. The molecule has 3 atom stereocenters. The van der Waals surface area contributed by atoms with E-state index in [1.165, 1.54) is 12.0 Å². The summed E-state index contributed by atoms with van der Waals surface area (Å²) in [5.41, 5.74) is 2.47. The van der Waals surface area contributed by atoms with Crippen molar-refractivity contribution in [1.82, 2.24) is 15.1 Å². The van der Waals surface area contributed by atoms with Crippen LogP contribution in [0.2, 0.25) is 0 Å². The number of carbonyl (C=O) groups excluding carboxylic acids is 4. The molecule has 1 N–H and O–H groups in total. The van der Waals surface area contributed by atoms with Gasteiger partial charge in [0.15, 0.2) is 0 Å². The van der Waals surface area contributed by atoms with Crippen molar-refractivity contribution in [3.63, 3.8) is 0 Å². The quantitative estimate of drug-likeness (QED) is 0.410. The molecule has 11 heteroatoms. The zero-order valence-electron chi connectivity index (χ0n) is 23.9. The molecule has 3 heterocycles. The first kappa shape index (κ1) is 29.6. The van der Waals surface area contributed by atoms with Crippen molar-refractivity contribution in [2.75, 3.05) is 26.9 Å². The average molecular weight is 560 g/mol. The van der Waals surface area contributed by atoms with Crippen LogP contribution in [0, 0.1) is 5.41 Å². The molecule has 1 fully saturated rings. The second-order valence-electron chi connectivity index (χ2n) is 11.8. The van der Waals surface area contributed by atoms with Crippen LogP contribution >= 0.6 is 0 Å². The number of cyclic esters (lactones) is 1. The number of hydrogen-bond acceptors (Lipinski definition) is 8.